The summed E-state index contributed by atoms with van der Waals surface area (Å²) in [5, 5.41) is 14.5. The molecule has 2 aliphatic carbocycles. The Bertz CT molecular complexity index is 1350. The predicted octanol–water partition coefficient (Wildman–Crippen LogP) is 7.13. The first kappa shape index (κ1) is 22.6. The van der Waals surface area contributed by atoms with Crippen molar-refractivity contribution < 1.29 is 30.0 Å². The summed E-state index contributed by atoms with van der Waals surface area (Å²) in [6.07, 6.45) is 6.52. The zero-order chi connectivity index (χ0) is 21.5. The van der Waals surface area contributed by atoms with Crippen molar-refractivity contribution in [2.75, 3.05) is 0 Å². The van der Waals surface area contributed by atoms with Gasteiger partial charge in [0.15, 0.2) is 5.78 Å². The molecule has 1 fully saturated rings. The molecule has 0 aliphatic heterocycles. The van der Waals surface area contributed by atoms with Gasteiger partial charge in [0.25, 0.3) is 0 Å². The van der Waals surface area contributed by atoms with Gasteiger partial charge in [-0.25, -0.2) is 0 Å². The quantitative estimate of drug-likeness (QED) is 0.0832. The fraction of sp³-hybridized carbons (Fsp3) is 0.286. The SMILES string of the molecule is CC(=O)C=C(C)O.[Ir].[c-]1c2ccccc2cc2ccc3cc4c(nc3c12)C1CCCC4C1. The van der Waals surface area contributed by atoms with Crippen LogP contribution < -0.4 is 0 Å². The molecule has 0 amide bonds. The molecule has 1 radical (unpaired) electrons. The van der Waals surface area contributed by atoms with Gasteiger partial charge in [-0.15, -0.1) is 23.6 Å². The second kappa shape index (κ2) is 9.13. The normalized spacial score (nSPS) is 19.2. The van der Waals surface area contributed by atoms with Crippen molar-refractivity contribution in [3.63, 3.8) is 0 Å². The molecule has 0 saturated heterocycles. The van der Waals surface area contributed by atoms with Gasteiger partial charge in [-0.2, -0.15) is 0 Å². The summed E-state index contributed by atoms with van der Waals surface area (Å²) in [6.45, 7) is 2.85. The van der Waals surface area contributed by atoms with E-state index < -0.39 is 0 Å². The zero-order valence-electron chi connectivity index (χ0n) is 18.3. The molecule has 2 unspecified atom stereocenters. The zero-order valence-corrected chi connectivity index (χ0v) is 20.7. The molecule has 3 aromatic carbocycles. The van der Waals surface area contributed by atoms with Crippen molar-refractivity contribution in [2.24, 2.45) is 0 Å². The van der Waals surface area contributed by atoms with Crippen molar-refractivity contribution in [2.45, 2.75) is 51.4 Å². The van der Waals surface area contributed by atoms with Crippen molar-refractivity contribution in [1.29, 1.82) is 0 Å². The van der Waals surface area contributed by atoms with E-state index >= 15 is 0 Å². The molecule has 1 heterocycles. The average Bonchev–Trinajstić information content (AvgIpc) is 2.99. The molecule has 4 aromatic rings. The van der Waals surface area contributed by atoms with Crippen LogP contribution in [0.5, 0.6) is 0 Å². The minimum Gasteiger partial charge on any atom is -0.512 e. The number of hydrogen-bond acceptors (Lipinski definition) is 3. The number of allylic oxidation sites excluding steroid dienone is 2. The largest absolute Gasteiger partial charge is 0.512 e. The summed E-state index contributed by atoms with van der Waals surface area (Å²) in [7, 11) is 0. The Kier molecular flexibility index (Phi) is 6.46. The Morgan fingerprint density at radius 3 is 2.53 bits per heavy atom. The maximum absolute atomic E-state index is 10.0. The van der Waals surface area contributed by atoms with Gasteiger partial charge in [-0.1, -0.05) is 59.0 Å². The first-order valence-corrected chi connectivity index (χ1v) is 11.1. The van der Waals surface area contributed by atoms with E-state index in [1.54, 1.807) is 0 Å². The Labute approximate surface area is 201 Å². The second-order valence-electron chi connectivity index (χ2n) is 8.88. The van der Waals surface area contributed by atoms with Crippen LogP contribution in [-0.2, 0) is 24.9 Å². The second-order valence-corrected chi connectivity index (χ2v) is 8.88. The van der Waals surface area contributed by atoms with Crippen LogP contribution in [0.2, 0.25) is 0 Å². The average molecular weight is 601 g/mol. The molecule has 165 valence electrons. The van der Waals surface area contributed by atoms with Crippen LogP contribution in [0, 0.1) is 6.07 Å². The van der Waals surface area contributed by atoms with Gasteiger partial charge in [-0.05, 0) is 50.0 Å². The molecule has 2 atom stereocenters. The van der Waals surface area contributed by atoms with Gasteiger partial charge in [0, 0.05) is 43.3 Å². The maximum atomic E-state index is 10.0. The number of rotatable bonds is 1. The summed E-state index contributed by atoms with van der Waals surface area (Å²) in [4.78, 5) is 15.2. The summed E-state index contributed by atoms with van der Waals surface area (Å²) in [6, 6.07) is 21.3. The van der Waals surface area contributed by atoms with Gasteiger partial charge in [-0.3, -0.25) is 9.78 Å². The van der Waals surface area contributed by atoms with E-state index in [4.69, 9.17) is 10.1 Å². The molecular formula is C28H26IrNO2-. The third kappa shape index (κ3) is 4.22. The summed E-state index contributed by atoms with van der Waals surface area (Å²) >= 11 is 0. The molecule has 3 nitrogen and oxygen atoms in total. The van der Waals surface area contributed by atoms with E-state index in [1.807, 2.05) is 0 Å². The van der Waals surface area contributed by atoms with E-state index in [0.29, 0.717) is 5.92 Å². The van der Waals surface area contributed by atoms with E-state index in [9.17, 15) is 4.79 Å². The van der Waals surface area contributed by atoms with E-state index in [0.717, 1.165) is 11.4 Å². The molecule has 2 aliphatic rings. The number of aliphatic hydroxyl groups excluding tert-OH is 1. The number of aliphatic hydroxyl groups is 1. The molecule has 32 heavy (non-hydrogen) atoms. The maximum Gasteiger partial charge on any atom is 0.155 e. The molecular weight excluding hydrogens is 575 g/mol. The van der Waals surface area contributed by atoms with Crippen LogP contribution >= 0.6 is 0 Å². The molecule has 1 aromatic heterocycles. The first-order valence-electron chi connectivity index (χ1n) is 11.1. The van der Waals surface area contributed by atoms with E-state index in [2.05, 4.69) is 54.6 Å². The predicted molar refractivity (Wildman–Crippen MR) is 127 cm³/mol. The Hall–Kier alpha value is -2.55. The third-order valence-electron chi connectivity index (χ3n) is 6.52. The molecule has 6 rings (SSSR count). The molecule has 1 N–H and O–H groups in total. The number of carbonyl (C=O) groups excluding carboxylic acids is 1. The van der Waals surface area contributed by atoms with Gasteiger partial charge >= 0.3 is 0 Å². The molecule has 1 saturated carbocycles. The number of hydrogen-bond donors (Lipinski definition) is 1. The third-order valence-corrected chi connectivity index (χ3v) is 6.52. The number of benzene rings is 3. The number of ketones is 1. The summed E-state index contributed by atoms with van der Waals surface area (Å²) in [5.74, 6) is 1.39. The smallest absolute Gasteiger partial charge is 0.155 e. The topological polar surface area (TPSA) is 50.2 Å². The minimum atomic E-state index is -0.125. The Balaban J connectivity index is 0.000000271. The van der Waals surface area contributed by atoms with E-state index in [-0.39, 0.29) is 31.6 Å². The van der Waals surface area contributed by atoms with Crippen LogP contribution in [0.25, 0.3) is 32.4 Å². The van der Waals surface area contributed by atoms with Crippen LogP contribution in [0.1, 0.15) is 62.6 Å². The molecule has 4 heteroatoms. The molecule has 2 bridgehead atoms. The Morgan fingerprint density at radius 1 is 1.03 bits per heavy atom. The minimum absolute atomic E-state index is 0. The fourth-order valence-electron chi connectivity index (χ4n) is 5.25. The van der Waals surface area contributed by atoms with Crippen molar-refractivity contribution in [1.82, 2.24) is 4.98 Å². The van der Waals surface area contributed by atoms with E-state index in [1.165, 1.54) is 83.8 Å². The van der Waals surface area contributed by atoms with Gasteiger partial charge < -0.3 is 5.11 Å². The van der Waals surface area contributed by atoms with Crippen LogP contribution in [0.3, 0.4) is 0 Å². The number of fused-ring (bicyclic) bond motifs is 9. The standard InChI is InChI=1S/C23H18N.C5H8O2.Ir/c1-2-5-15-12-20-17(10-14(15)4-1)8-9-19-13-21-16-6-3-7-18(11-16)22(21)24-23(19)20;1-4(6)3-5(2)7;/h1-2,4-5,8-10,13,16,18H,3,6-7,11H2;3,6H,1-2H3;/q-1;;. The number of carbonyl (C=O) groups is 1. The van der Waals surface area contributed by atoms with Crippen molar-refractivity contribution in [3.05, 3.63) is 77.7 Å². The number of aromatic nitrogens is 1. The fourth-order valence-corrected chi connectivity index (χ4v) is 5.25. The van der Waals surface area contributed by atoms with Crippen molar-refractivity contribution in [3.8, 4) is 0 Å². The number of nitrogens with zero attached hydrogens (tertiary/aromatic N) is 1. The van der Waals surface area contributed by atoms with Gasteiger partial charge in [0.1, 0.15) is 0 Å². The molecule has 0 spiro atoms. The van der Waals surface area contributed by atoms with Crippen LogP contribution in [0.15, 0.2) is 60.4 Å². The summed E-state index contributed by atoms with van der Waals surface area (Å²) in [5.41, 5.74) is 4.06. The first-order chi connectivity index (χ1) is 15.0. The summed E-state index contributed by atoms with van der Waals surface area (Å²) < 4.78 is 0. The van der Waals surface area contributed by atoms with Crippen LogP contribution in [0.4, 0.5) is 0 Å². The number of pyridine rings is 1. The van der Waals surface area contributed by atoms with Crippen LogP contribution in [-0.4, -0.2) is 15.9 Å². The van der Waals surface area contributed by atoms with Gasteiger partial charge in [0.2, 0.25) is 0 Å². The monoisotopic (exact) mass is 601 g/mol. The van der Waals surface area contributed by atoms with Crippen molar-refractivity contribution >= 4 is 38.2 Å². The Morgan fingerprint density at radius 2 is 1.78 bits per heavy atom. The van der Waals surface area contributed by atoms with Gasteiger partial charge in [0.05, 0.1) is 5.76 Å².